The topological polar surface area (TPSA) is 55.4 Å². The van der Waals surface area contributed by atoms with Gasteiger partial charge in [-0.05, 0) is 18.6 Å². The average molecular weight is 235 g/mol. The Morgan fingerprint density at radius 3 is 2.59 bits per heavy atom. The van der Waals surface area contributed by atoms with Crippen LogP contribution in [0.5, 0.6) is 5.75 Å². The Kier molecular flexibility index (Phi) is 5.79. The number of para-hydroxylation sites is 1. The van der Waals surface area contributed by atoms with Gasteiger partial charge in [-0.2, -0.15) is 0 Å². The number of carbonyl (C=O) groups excluding carboxylic acids is 2. The van der Waals surface area contributed by atoms with E-state index in [0.29, 0.717) is 31.6 Å². The van der Waals surface area contributed by atoms with E-state index in [9.17, 15) is 9.59 Å². The molecule has 0 unspecified atom stereocenters. The zero-order valence-electron chi connectivity index (χ0n) is 9.94. The lowest BCUT2D eigenvalue weighted by Gasteiger charge is -2.04. The Bertz CT molecular complexity index is 362. The highest BCUT2D eigenvalue weighted by atomic mass is 16.5. The Hall–Kier alpha value is -1.84. The number of hydrogen-bond donors (Lipinski definition) is 1. The Morgan fingerprint density at radius 1 is 1.24 bits per heavy atom. The third kappa shape index (κ3) is 5.70. The molecule has 1 N–H and O–H groups in total. The molecule has 0 fully saturated rings. The maximum atomic E-state index is 11.4. The molecule has 1 aromatic rings. The van der Waals surface area contributed by atoms with Gasteiger partial charge in [-0.3, -0.25) is 9.59 Å². The van der Waals surface area contributed by atoms with E-state index in [4.69, 9.17) is 4.74 Å². The molecule has 4 heteroatoms. The summed E-state index contributed by atoms with van der Waals surface area (Å²) in [6.07, 6.45) is 1.37. The summed E-state index contributed by atoms with van der Waals surface area (Å²) < 4.78 is 5.10. The summed E-state index contributed by atoms with van der Waals surface area (Å²) in [6.45, 7) is 2.30. The zero-order valence-corrected chi connectivity index (χ0v) is 9.94. The highest BCUT2D eigenvalue weighted by molar-refractivity contribution is 5.75. The highest BCUT2D eigenvalue weighted by Crippen LogP contribution is 2.09. The van der Waals surface area contributed by atoms with Gasteiger partial charge in [0.1, 0.15) is 5.75 Å². The van der Waals surface area contributed by atoms with E-state index in [1.54, 1.807) is 19.1 Å². The molecule has 1 aromatic carbocycles. The molecular weight excluding hydrogens is 218 g/mol. The van der Waals surface area contributed by atoms with E-state index in [0.717, 1.165) is 0 Å². The smallest absolute Gasteiger partial charge is 0.311 e. The standard InChI is InChI=1S/C13H17NO3/c1-2-12(15)14-10-6-9-13(16)17-11-7-4-3-5-8-11/h3-5,7-8H,2,6,9-10H2,1H3,(H,14,15). The lowest BCUT2D eigenvalue weighted by molar-refractivity contribution is -0.134. The molecule has 4 nitrogen and oxygen atoms in total. The van der Waals surface area contributed by atoms with Crippen molar-refractivity contribution in [1.82, 2.24) is 5.32 Å². The molecule has 0 aromatic heterocycles. The summed E-state index contributed by atoms with van der Waals surface area (Å²) in [4.78, 5) is 22.3. The van der Waals surface area contributed by atoms with Crippen molar-refractivity contribution in [1.29, 1.82) is 0 Å². The van der Waals surface area contributed by atoms with Gasteiger partial charge in [-0.1, -0.05) is 25.1 Å². The second-order valence-corrected chi connectivity index (χ2v) is 3.59. The van der Waals surface area contributed by atoms with Crippen molar-refractivity contribution in [3.05, 3.63) is 30.3 Å². The Morgan fingerprint density at radius 2 is 1.94 bits per heavy atom. The van der Waals surface area contributed by atoms with Crippen LogP contribution in [0.4, 0.5) is 0 Å². The fourth-order valence-electron chi connectivity index (χ4n) is 1.26. The van der Waals surface area contributed by atoms with Gasteiger partial charge in [0, 0.05) is 19.4 Å². The molecule has 0 aliphatic carbocycles. The molecule has 0 bridgehead atoms. The third-order valence-electron chi connectivity index (χ3n) is 2.18. The molecule has 1 rings (SSSR count). The van der Waals surface area contributed by atoms with Gasteiger partial charge in [0.2, 0.25) is 5.91 Å². The van der Waals surface area contributed by atoms with Crippen molar-refractivity contribution >= 4 is 11.9 Å². The number of ether oxygens (including phenoxy) is 1. The molecule has 0 aliphatic heterocycles. The molecule has 0 saturated heterocycles. The number of carbonyl (C=O) groups is 2. The summed E-state index contributed by atoms with van der Waals surface area (Å²) in [7, 11) is 0. The molecule has 0 aliphatic rings. The number of nitrogens with one attached hydrogen (secondary N) is 1. The van der Waals surface area contributed by atoms with E-state index in [1.807, 2.05) is 18.2 Å². The van der Waals surface area contributed by atoms with Gasteiger partial charge >= 0.3 is 5.97 Å². The van der Waals surface area contributed by atoms with Crippen LogP contribution in [0.15, 0.2) is 30.3 Å². The van der Waals surface area contributed by atoms with Crippen LogP contribution in [0.25, 0.3) is 0 Å². The van der Waals surface area contributed by atoms with Gasteiger partial charge in [-0.15, -0.1) is 0 Å². The molecule has 92 valence electrons. The van der Waals surface area contributed by atoms with Crippen molar-refractivity contribution in [3.8, 4) is 5.75 Å². The molecule has 17 heavy (non-hydrogen) atoms. The van der Waals surface area contributed by atoms with Crippen molar-refractivity contribution < 1.29 is 14.3 Å². The van der Waals surface area contributed by atoms with Gasteiger partial charge in [-0.25, -0.2) is 0 Å². The summed E-state index contributed by atoms with van der Waals surface area (Å²) in [6, 6.07) is 8.94. The minimum Gasteiger partial charge on any atom is -0.427 e. The van der Waals surface area contributed by atoms with E-state index in [1.165, 1.54) is 0 Å². The van der Waals surface area contributed by atoms with Gasteiger partial charge in [0.05, 0.1) is 0 Å². The van der Waals surface area contributed by atoms with E-state index >= 15 is 0 Å². The van der Waals surface area contributed by atoms with Crippen LogP contribution >= 0.6 is 0 Å². The Labute approximate surface area is 101 Å². The van der Waals surface area contributed by atoms with Crippen LogP contribution in [-0.4, -0.2) is 18.4 Å². The van der Waals surface area contributed by atoms with Gasteiger partial charge in [0.25, 0.3) is 0 Å². The number of esters is 1. The zero-order chi connectivity index (χ0) is 12.5. The van der Waals surface area contributed by atoms with Crippen LogP contribution in [0.1, 0.15) is 26.2 Å². The first-order valence-corrected chi connectivity index (χ1v) is 5.74. The Balaban J connectivity index is 2.16. The first kappa shape index (κ1) is 13.2. The average Bonchev–Trinajstić information content (AvgIpc) is 2.35. The van der Waals surface area contributed by atoms with Crippen molar-refractivity contribution in [3.63, 3.8) is 0 Å². The lowest BCUT2D eigenvalue weighted by Crippen LogP contribution is -2.24. The summed E-state index contributed by atoms with van der Waals surface area (Å²) >= 11 is 0. The predicted molar refractivity (Wildman–Crippen MR) is 64.6 cm³/mol. The highest BCUT2D eigenvalue weighted by Gasteiger charge is 2.04. The second kappa shape index (κ2) is 7.44. The number of rotatable bonds is 6. The second-order valence-electron chi connectivity index (χ2n) is 3.59. The van der Waals surface area contributed by atoms with Crippen LogP contribution in [-0.2, 0) is 9.59 Å². The SMILES string of the molecule is CCC(=O)NCCCC(=O)Oc1ccccc1. The summed E-state index contributed by atoms with van der Waals surface area (Å²) in [5.74, 6) is 0.276. The maximum absolute atomic E-state index is 11.4. The summed E-state index contributed by atoms with van der Waals surface area (Å²) in [5.41, 5.74) is 0. The normalized spacial score (nSPS) is 9.71. The minimum atomic E-state index is -0.276. The number of benzene rings is 1. The minimum absolute atomic E-state index is 0.00132. The van der Waals surface area contributed by atoms with E-state index in [-0.39, 0.29) is 11.9 Å². The molecule has 0 spiro atoms. The largest absolute Gasteiger partial charge is 0.427 e. The van der Waals surface area contributed by atoms with Crippen LogP contribution in [0.2, 0.25) is 0 Å². The third-order valence-corrected chi connectivity index (χ3v) is 2.18. The van der Waals surface area contributed by atoms with Crippen molar-refractivity contribution in [2.24, 2.45) is 0 Å². The lowest BCUT2D eigenvalue weighted by atomic mass is 10.3. The van der Waals surface area contributed by atoms with Crippen LogP contribution in [0.3, 0.4) is 0 Å². The fourth-order valence-corrected chi connectivity index (χ4v) is 1.26. The van der Waals surface area contributed by atoms with E-state index < -0.39 is 0 Å². The molecule has 0 heterocycles. The molecular formula is C13H17NO3. The van der Waals surface area contributed by atoms with Crippen molar-refractivity contribution in [2.75, 3.05) is 6.54 Å². The monoisotopic (exact) mass is 235 g/mol. The summed E-state index contributed by atoms with van der Waals surface area (Å²) in [5, 5.41) is 2.70. The first-order chi connectivity index (χ1) is 8.22. The van der Waals surface area contributed by atoms with Gasteiger partial charge < -0.3 is 10.1 Å². The van der Waals surface area contributed by atoms with E-state index in [2.05, 4.69) is 5.32 Å². The molecule has 0 atom stereocenters. The van der Waals surface area contributed by atoms with Crippen LogP contribution < -0.4 is 10.1 Å². The number of hydrogen-bond acceptors (Lipinski definition) is 3. The predicted octanol–water partition coefficient (Wildman–Crippen LogP) is 1.90. The van der Waals surface area contributed by atoms with Gasteiger partial charge in [0.15, 0.2) is 0 Å². The molecule has 0 saturated carbocycles. The van der Waals surface area contributed by atoms with Crippen molar-refractivity contribution in [2.45, 2.75) is 26.2 Å². The fraction of sp³-hybridized carbons (Fsp3) is 0.385. The first-order valence-electron chi connectivity index (χ1n) is 5.74. The quantitative estimate of drug-likeness (QED) is 0.465. The maximum Gasteiger partial charge on any atom is 0.311 e. The van der Waals surface area contributed by atoms with Crippen LogP contribution in [0, 0.1) is 0 Å². The molecule has 1 amide bonds. The molecule has 0 radical (unpaired) electrons. The number of amides is 1.